The molecule has 5 nitrogen and oxygen atoms in total. The van der Waals surface area contributed by atoms with Crippen molar-refractivity contribution in [1.29, 1.82) is 0 Å². The summed E-state index contributed by atoms with van der Waals surface area (Å²) in [6.07, 6.45) is 6.92. The average molecular weight is 311 g/mol. The molecule has 23 heavy (non-hydrogen) atoms. The number of nitrogen functional groups attached to an aromatic ring is 1. The van der Waals surface area contributed by atoms with Gasteiger partial charge in [0, 0.05) is 19.2 Å². The molecule has 0 spiro atoms. The predicted octanol–water partition coefficient (Wildman–Crippen LogP) is 3.05. The molecule has 0 aliphatic carbocycles. The van der Waals surface area contributed by atoms with Crippen LogP contribution in [0.2, 0.25) is 0 Å². The maximum atomic E-state index is 5.65. The Balaban J connectivity index is 1.52. The molecule has 0 saturated carbocycles. The minimum Gasteiger partial charge on any atom is -0.384 e. The van der Waals surface area contributed by atoms with Gasteiger partial charge in [-0.25, -0.2) is 9.97 Å². The SMILES string of the molecule is Nc1cc(NCc2ccc(CN3CCCCCC3)cc2)ncn1. The first-order valence-electron chi connectivity index (χ1n) is 8.41. The lowest BCUT2D eigenvalue weighted by Crippen LogP contribution is -2.23. The molecule has 0 amide bonds. The van der Waals surface area contributed by atoms with Gasteiger partial charge in [0.2, 0.25) is 0 Å². The van der Waals surface area contributed by atoms with E-state index in [9.17, 15) is 0 Å². The lowest BCUT2D eigenvalue weighted by atomic mass is 10.1. The van der Waals surface area contributed by atoms with Crippen LogP contribution in [0.5, 0.6) is 0 Å². The first-order valence-corrected chi connectivity index (χ1v) is 8.41. The smallest absolute Gasteiger partial charge is 0.131 e. The van der Waals surface area contributed by atoms with Gasteiger partial charge in [-0.3, -0.25) is 4.90 Å². The molecule has 0 atom stereocenters. The summed E-state index contributed by atoms with van der Waals surface area (Å²) in [5, 5.41) is 3.27. The van der Waals surface area contributed by atoms with Crippen molar-refractivity contribution in [3.05, 3.63) is 47.8 Å². The Morgan fingerprint density at radius 3 is 2.35 bits per heavy atom. The monoisotopic (exact) mass is 311 g/mol. The van der Waals surface area contributed by atoms with Crippen LogP contribution in [0, 0.1) is 0 Å². The number of hydrogen-bond acceptors (Lipinski definition) is 5. The number of rotatable bonds is 5. The fraction of sp³-hybridized carbons (Fsp3) is 0.444. The van der Waals surface area contributed by atoms with Crippen molar-refractivity contribution in [1.82, 2.24) is 14.9 Å². The minimum atomic E-state index is 0.482. The van der Waals surface area contributed by atoms with Gasteiger partial charge in [0.05, 0.1) is 0 Å². The quantitative estimate of drug-likeness (QED) is 0.888. The summed E-state index contributed by atoms with van der Waals surface area (Å²) in [5.41, 5.74) is 8.28. The van der Waals surface area contributed by atoms with E-state index >= 15 is 0 Å². The Morgan fingerprint density at radius 1 is 0.957 bits per heavy atom. The Hall–Kier alpha value is -2.14. The van der Waals surface area contributed by atoms with E-state index in [-0.39, 0.29) is 0 Å². The molecule has 0 bridgehead atoms. The average Bonchev–Trinajstić information content (AvgIpc) is 2.83. The van der Waals surface area contributed by atoms with Gasteiger partial charge in [0.1, 0.15) is 18.0 Å². The Morgan fingerprint density at radius 2 is 1.65 bits per heavy atom. The van der Waals surface area contributed by atoms with Crippen LogP contribution in [-0.4, -0.2) is 28.0 Å². The normalized spacial score (nSPS) is 16.0. The van der Waals surface area contributed by atoms with Crippen LogP contribution in [0.1, 0.15) is 36.8 Å². The van der Waals surface area contributed by atoms with Crippen LogP contribution < -0.4 is 11.1 Å². The fourth-order valence-corrected chi connectivity index (χ4v) is 2.98. The summed E-state index contributed by atoms with van der Waals surface area (Å²) in [5.74, 6) is 1.24. The largest absolute Gasteiger partial charge is 0.384 e. The Kier molecular flexibility index (Phi) is 5.42. The molecular weight excluding hydrogens is 286 g/mol. The molecule has 3 N–H and O–H groups in total. The van der Waals surface area contributed by atoms with Crippen molar-refractivity contribution in [2.75, 3.05) is 24.1 Å². The standard InChI is InChI=1S/C18H25N5/c19-17-11-18(22-14-21-17)20-12-15-5-7-16(8-6-15)13-23-9-3-1-2-4-10-23/h5-8,11,14H,1-4,9-10,12-13H2,(H3,19,20,21,22). The van der Waals surface area contributed by atoms with Crippen LogP contribution in [0.4, 0.5) is 11.6 Å². The second-order valence-electron chi connectivity index (χ2n) is 6.19. The summed E-state index contributed by atoms with van der Waals surface area (Å²) in [4.78, 5) is 10.6. The van der Waals surface area contributed by atoms with Gasteiger partial charge in [0.15, 0.2) is 0 Å². The number of anilines is 2. The molecule has 5 heteroatoms. The van der Waals surface area contributed by atoms with Crippen LogP contribution in [0.3, 0.4) is 0 Å². The van der Waals surface area contributed by atoms with E-state index < -0.39 is 0 Å². The first-order chi connectivity index (χ1) is 11.3. The van der Waals surface area contributed by atoms with E-state index in [2.05, 4.69) is 44.5 Å². The van der Waals surface area contributed by atoms with Crippen molar-refractivity contribution >= 4 is 11.6 Å². The zero-order valence-electron chi connectivity index (χ0n) is 13.5. The third-order valence-corrected chi connectivity index (χ3v) is 4.29. The van der Waals surface area contributed by atoms with E-state index in [4.69, 9.17) is 5.73 Å². The minimum absolute atomic E-state index is 0.482. The number of benzene rings is 1. The molecule has 0 unspecified atom stereocenters. The molecule has 1 fully saturated rings. The van der Waals surface area contributed by atoms with Crippen LogP contribution in [0.15, 0.2) is 36.7 Å². The second kappa shape index (κ2) is 7.92. The highest BCUT2D eigenvalue weighted by molar-refractivity contribution is 5.43. The summed E-state index contributed by atoms with van der Waals surface area (Å²) in [6.45, 7) is 4.27. The molecule has 1 aliphatic heterocycles. The number of aromatic nitrogens is 2. The fourth-order valence-electron chi connectivity index (χ4n) is 2.98. The van der Waals surface area contributed by atoms with E-state index in [1.807, 2.05) is 0 Å². The third-order valence-electron chi connectivity index (χ3n) is 4.29. The summed E-state index contributed by atoms with van der Waals surface area (Å²) in [7, 11) is 0. The molecular formula is C18H25N5. The maximum absolute atomic E-state index is 5.65. The van der Waals surface area contributed by atoms with Gasteiger partial charge in [-0.2, -0.15) is 0 Å². The van der Waals surface area contributed by atoms with Gasteiger partial charge < -0.3 is 11.1 Å². The molecule has 122 valence electrons. The summed E-state index contributed by atoms with van der Waals surface area (Å²) in [6, 6.07) is 10.6. The van der Waals surface area contributed by atoms with Crippen molar-refractivity contribution in [2.45, 2.75) is 38.8 Å². The Bertz CT molecular complexity index is 603. The van der Waals surface area contributed by atoms with Crippen LogP contribution in [-0.2, 0) is 13.1 Å². The van der Waals surface area contributed by atoms with Gasteiger partial charge in [-0.1, -0.05) is 37.1 Å². The van der Waals surface area contributed by atoms with E-state index in [0.717, 1.165) is 18.9 Å². The predicted molar refractivity (Wildman–Crippen MR) is 94.0 cm³/mol. The zero-order chi connectivity index (χ0) is 15.9. The van der Waals surface area contributed by atoms with Crippen molar-refractivity contribution in [2.24, 2.45) is 0 Å². The van der Waals surface area contributed by atoms with E-state index in [1.165, 1.54) is 56.2 Å². The molecule has 1 aromatic carbocycles. The summed E-state index contributed by atoms with van der Waals surface area (Å²) < 4.78 is 0. The highest BCUT2D eigenvalue weighted by atomic mass is 15.1. The number of hydrogen-bond donors (Lipinski definition) is 2. The number of nitrogens with one attached hydrogen (secondary N) is 1. The molecule has 3 rings (SSSR count). The molecule has 2 heterocycles. The second-order valence-corrected chi connectivity index (χ2v) is 6.19. The highest BCUT2D eigenvalue weighted by Crippen LogP contribution is 2.14. The van der Waals surface area contributed by atoms with Gasteiger partial charge >= 0.3 is 0 Å². The summed E-state index contributed by atoms with van der Waals surface area (Å²) >= 11 is 0. The van der Waals surface area contributed by atoms with Gasteiger partial charge in [-0.05, 0) is 37.1 Å². The lowest BCUT2D eigenvalue weighted by molar-refractivity contribution is 0.277. The Labute approximate surface area is 137 Å². The number of likely N-dealkylation sites (tertiary alicyclic amines) is 1. The van der Waals surface area contributed by atoms with E-state index in [1.54, 1.807) is 6.07 Å². The van der Waals surface area contributed by atoms with Gasteiger partial charge in [-0.15, -0.1) is 0 Å². The van der Waals surface area contributed by atoms with Crippen LogP contribution >= 0.6 is 0 Å². The van der Waals surface area contributed by atoms with Crippen LogP contribution in [0.25, 0.3) is 0 Å². The molecule has 1 saturated heterocycles. The lowest BCUT2D eigenvalue weighted by Gasteiger charge is -2.19. The van der Waals surface area contributed by atoms with Gasteiger partial charge in [0.25, 0.3) is 0 Å². The number of nitrogens with two attached hydrogens (primary N) is 1. The topological polar surface area (TPSA) is 67.1 Å². The van der Waals surface area contributed by atoms with Crippen molar-refractivity contribution < 1.29 is 0 Å². The number of nitrogens with zero attached hydrogens (tertiary/aromatic N) is 3. The third kappa shape index (κ3) is 4.93. The first kappa shape index (κ1) is 15.7. The van der Waals surface area contributed by atoms with E-state index in [0.29, 0.717) is 5.82 Å². The van der Waals surface area contributed by atoms with Crippen molar-refractivity contribution in [3.63, 3.8) is 0 Å². The maximum Gasteiger partial charge on any atom is 0.131 e. The molecule has 1 aliphatic rings. The van der Waals surface area contributed by atoms with Crippen molar-refractivity contribution in [3.8, 4) is 0 Å². The molecule has 1 aromatic heterocycles. The molecule has 2 aromatic rings. The molecule has 0 radical (unpaired) electrons. The zero-order valence-corrected chi connectivity index (χ0v) is 13.5. The highest BCUT2D eigenvalue weighted by Gasteiger charge is 2.09.